The number of rotatable bonds is 13. The molecular formula is C38H52FN3O4. The number of aryl methyl sites for hydroxylation is 2. The van der Waals surface area contributed by atoms with E-state index in [2.05, 4.69) is 49.9 Å². The van der Waals surface area contributed by atoms with Gasteiger partial charge >= 0.3 is 5.97 Å². The van der Waals surface area contributed by atoms with Crippen molar-refractivity contribution < 1.29 is 23.8 Å². The number of piperidine rings is 1. The number of carboxylic acid groups (broad SMARTS) is 1. The van der Waals surface area contributed by atoms with E-state index in [4.69, 9.17) is 14.5 Å². The van der Waals surface area contributed by atoms with Crippen LogP contribution in [0, 0.1) is 18.2 Å². The molecule has 2 aromatic carbocycles. The molecule has 0 saturated carbocycles. The highest BCUT2D eigenvalue weighted by molar-refractivity contribution is 5.88. The zero-order valence-electron chi connectivity index (χ0n) is 29.0. The molecule has 1 saturated heterocycles. The highest BCUT2D eigenvalue weighted by Crippen LogP contribution is 2.45. The number of carbonyl (C=O) groups is 1. The quantitative estimate of drug-likeness (QED) is 0.205. The summed E-state index contributed by atoms with van der Waals surface area (Å²) >= 11 is 0. The van der Waals surface area contributed by atoms with Crippen LogP contribution in [0.4, 0.5) is 10.1 Å². The van der Waals surface area contributed by atoms with Crippen molar-refractivity contribution in [3.05, 3.63) is 76.9 Å². The van der Waals surface area contributed by atoms with Crippen LogP contribution in [-0.2, 0) is 22.4 Å². The molecule has 0 spiro atoms. The van der Waals surface area contributed by atoms with Crippen molar-refractivity contribution in [3.8, 4) is 16.9 Å². The summed E-state index contributed by atoms with van der Waals surface area (Å²) < 4.78 is 25.6. The van der Waals surface area contributed by atoms with Gasteiger partial charge in [-0.15, -0.1) is 0 Å². The Balaban J connectivity index is 1.80. The second-order valence-corrected chi connectivity index (χ2v) is 14.5. The van der Waals surface area contributed by atoms with Gasteiger partial charge in [0.15, 0.2) is 6.10 Å². The summed E-state index contributed by atoms with van der Waals surface area (Å²) in [6, 6.07) is 14.5. The third-order valence-electron chi connectivity index (χ3n) is 8.60. The summed E-state index contributed by atoms with van der Waals surface area (Å²) in [4.78, 5) is 22.6. The molecule has 250 valence electrons. The van der Waals surface area contributed by atoms with Crippen LogP contribution in [0.25, 0.3) is 11.1 Å². The predicted octanol–water partition coefficient (Wildman–Crippen LogP) is 7.88. The van der Waals surface area contributed by atoms with Crippen LogP contribution in [0.2, 0.25) is 0 Å². The van der Waals surface area contributed by atoms with Gasteiger partial charge in [0.05, 0.1) is 23.6 Å². The zero-order valence-corrected chi connectivity index (χ0v) is 29.0. The van der Waals surface area contributed by atoms with Crippen molar-refractivity contribution in [1.82, 2.24) is 9.88 Å². The van der Waals surface area contributed by atoms with Gasteiger partial charge in [0.1, 0.15) is 11.6 Å². The highest BCUT2D eigenvalue weighted by atomic mass is 19.1. The molecule has 8 heteroatoms. The maximum atomic E-state index is 13.3. The van der Waals surface area contributed by atoms with Crippen LogP contribution in [0.1, 0.15) is 82.5 Å². The first kappa shape index (κ1) is 35.4. The average Bonchev–Trinajstić information content (AvgIpc) is 2.97. The molecule has 0 radical (unpaired) electrons. The number of anilines is 1. The fourth-order valence-electron chi connectivity index (χ4n) is 6.03. The first-order valence-corrected chi connectivity index (χ1v) is 16.4. The SMILES string of the molecule is Cc1nc(CCCN(C)C)c(-c2ccc(OCCc3ccc(F)cc3)cc2)c(N2CCC(C)(C)CC2)c1C(OC(C)(C)C)C(=O)O. The van der Waals surface area contributed by atoms with E-state index in [0.29, 0.717) is 24.3 Å². The van der Waals surface area contributed by atoms with E-state index in [9.17, 15) is 14.3 Å². The Bertz CT molecular complexity index is 1450. The van der Waals surface area contributed by atoms with Crippen LogP contribution in [0.5, 0.6) is 5.75 Å². The number of pyridine rings is 1. The number of ether oxygens (including phenoxy) is 2. The fourth-order valence-corrected chi connectivity index (χ4v) is 6.03. The lowest BCUT2D eigenvalue weighted by Crippen LogP contribution is -2.39. The van der Waals surface area contributed by atoms with Gasteiger partial charge in [0.25, 0.3) is 0 Å². The lowest BCUT2D eigenvalue weighted by Gasteiger charge is -2.41. The number of aromatic nitrogens is 1. The molecule has 2 heterocycles. The fraction of sp³-hybridized carbons (Fsp3) is 0.526. The first-order chi connectivity index (χ1) is 21.6. The topological polar surface area (TPSA) is 75.1 Å². The Morgan fingerprint density at radius 1 is 1.04 bits per heavy atom. The Kier molecular flexibility index (Phi) is 11.5. The van der Waals surface area contributed by atoms with E-state index in [1.54, 1.807) is 12.1 Å². The van der Waals surface area contributed by atoms with Crippen molar-refractivity contribution in [2.24, 2.45) is 5.41 Å². The Morgan fingerprint density at radius 2 is 1.67 bits per heavy atom. The molecule has 4 rings (SSSR count). The molecule has 1 atom stereocenters. The van der Waals surface area contributed by atoms with Crippen molar-refractivity contribution in [1.29, 1.82) is 0 Å². The maximum absolute atomic E-state index is 13.3. The second kappa shape index (κ2) is 14.9. The van der Waals surface area contributed by atoms with Crippen molar-refractivity contribution >= 4 is 11.7 Å². The molecule has 7 nitrogen and oxygen atoms in total. The molecule has 1 aliphatic heterocycles. The molecular weight excluding hydrogens is 581 g/mol. The van der Waals surface area contributed by atoms with E-state index in [1.807, 2.05) is 39.8 Å². The Morgan fingerprint density at radius 3 is 2.24 bits per heavy atom. The molecule has 1 unspecified atom stereocenters. The van der Waals surface area contributed by atoms with E-state index in [-0.39, 0.29) is 11.2 Å². The first-order valence-electron chi connectivity index (χ1n) is 16.4. The maximum Gasteiger partial charge on any atom is 0.337 e. The molecule has 0 bridgehead atoms. The average molecular weight is 634 g/mol. The summed E-state index contributed by atoms with van der Waals surface area (Å²) in [7, 11) is 4.14. The highest BCUT2D eigenvalue weighted by Gasteiger charge is 2.37. The molecule has 1 N–H and O–H groups in total. The molecule has 1 aromatic heterocycles. The summed E-state index contributed by atoms with van der Waals surface area (Å²) in [6.45, 7) is 15.2. The predicted molar refractivity (Wildman–Crippen MR) is 183 cm³/mol. The van der Waals surface area contributed by atoms with Crippen molar-refractivity contribution in [2.45, 2.75) is 85.4 Å². The molecule has 1 fully saturated rings. The largest absolute Gasteiger partial charge is 0.493 e. The van der Waals surface area contributed by atoms with E-state index in [1.165, 1.54) is 12.1 Å². The standard InChI is InChI=1S/C38H52FN3O4/c1-26-32(35(36(43)44)46-37(2,3)4)34(42-23-20-38(5,6)21-24-42)33(31(40-26)10-9-22-41(7)8)28-13-17-30(18-14-28)45-25-19-27-11-15-29(39)16-12-27/h11-18,35H,9-10,19-25H2,1-8H3,(H,43,44). The van der Waals surface area contributed by atoms with E-state index < -0.39 is 17.7 Å². The zero-order chi connectivity index (χ0) is 33.6. The summed E-state index contributed by atoms with van der Waals surface area (Å²) in [5.74, 6) is -0.530. The van der Waals surface area contributed by atoms with Gasteiger partial charge in [-0.05, 0) is 115 Å². The third-order valence-corrected chi connectivity index (χ3v) is 8.60. The van der Waals surface area contributed by atoms with Gasteiger partial charge < -0.3 is 24.4 Å². The third kappa shape index (κ3) is 9.52. The normalized spacial score (nSPS) is 15.7. The smallest absolute Gasteiger partial charge is 0.337 e. The number of halogens is 1. The van der Waals surface area contributed by atoms with Crippen LogP contribution < -0.4 is 9.64 Å². The van der Waals surface area contributed by atoms with Gasteiger partial charge in [-0.2, -0.15) is 0 Å². The number of hydrogen-bond acceptors (Lipinski definition) is 6. The van der Waals surface area contributed by atoms with Crippen molar-refractivity contribution in [3.63, 3.8) is 0 Å². The second-order valence-electron chi connectivity index (χ2n) is 14.5. The summed E-state index contributed by atoms with van der Waals surface area (Å²) in [5.41, 5.74) is 5.72. The molecule has 0 aliphatic carbocycles. The van der Waals surface area contributed by atoms with Gasteiger partial charge in [-0.25, -0.2) is 9.18 Å². The van der Waals surface area contributed by atoms with E-state index in [0.717, 1.165) is 79.1 Å². The van der Waals surface area contributed by atoms with Gasteiger partial charge in [-0.3, -0.25) is 4.98 Å². The van der Waals surface area contributed by atoms with E-state index >= 15 is 0 Å². The van der Waals surface area contributed by atoms with Gasteiger partial charge in [0, 0.05) is 36.3 Å². The summed E-state index contributed by atoms with van der Waals surface area (Å²) in [6.07, 6.45) is 3.19. The van der Waals surface area contributed by atoms with Crippen LogP contribution in [-0.4, -0.2) is 66.9 Å². The number of aliphatic carboxylic acids is 1. The monoisotopic (exact) mass is 633 g/mol. The minimum absolute atomic E-state index is 0.217. The van der Waals surface area contributed by atoms with Gasteiger partial charge in [0.2, 0.25) is 0 Å². The number of hydrogen-bond donors (Lipinski definition) is 1. The minimum Gasteiger partial charge on any atom is -0.493 e. The van der Waals surface area contributed by atoms with Crippen molar-refractivity contribution in [2.75, 3.05) is 45.2 Å². The Labute approximate surface area is 274 Å². The molecule has 3 aromatic rings. The summed E-state index contributed by atoms with van der Waals surface area (Å²) in [5, 5.41) is 10.6. The van der Waals surface area contributed by atoms with Gasteiger partial charge in [-0.1, -0.05) is 38.1 Å². The van der Waals surface area contributed by atoms with Crippen LogP contribution in [0.3, 0.4) is 0 Å². The lowest BCUT2D eigenvalue weighted by molar-refractivity contribution is -0.160. The number of benzene rings is 2. The minimum atomic E-state index is -1.17. The number of carboxylic acids is 1. The van der Waals surface area contributed by atoms with Crippen LogP contribution in [0.15, 0.2) is 48.5 Å². The molecule has 0 amide bonds. The molecule has 1 aliphatic rings. The lowest BCUT2D eigenvalue weighted by atomic mass is 9.81. The van der Waals surface area contributed by atoms with Crippen LogP contribution >= 0.6 is 0 Å². The Hall–Kier alpha value is -3.49. The number of nitrogens with zero attached hydrogens (tertiary/aromatic N) is 3. The molecule has 46 heavy (non-hydrogen) atoms.